The van der Waals surface area contributed by atoms with Gasteiger partial charge in [-0.15, -0.1) is 0 Å². The second-order valence-electron chi connectivity index (χ2n) is 4.01. The van der Waals surface area contributed by atoms with Gasteiger partial charge in [-0.05, 0) is 18.2 Å². The van der Waals surface area contributed by atoms with Gasteiger partial charge in [0.15, 0.2) is 0 Å². The largest absolute Gasteiger partial charge is 0.478 e. The lowest BCUT2D eigenvalue weighted by Gasteiger charge is -2.13. The first-order valence-corrected chi connectivity index (χ1v) is 6.88. The predicted molar refractivity (Wildman–Crippen MR) is 65.7 cm³/mol. The van der Waals surface area contributed by atoms with Crippen molar-refractivity contribution in [3.8, 4) is 0 Å². The quantitative estimate of drug-likeness (QED) is 0.759. The number of fused-ring (bicyclic) bond motifs is 1. The fraction of sp³-hybridized carbons (Fsp3) is 0.182. The molecule has 0 saturated heterocycles. The SMILES string of the molecule is CNC(=O)CN1C(=O)c2ccc(C(=O)O)cc2S1(=O)=O. The van der Waals surface area contributed by atoms with Crippen LogP contribution in [0.2, 0.25) is 0 Å². The highest BCUT2D eigenvalue weighted by molar-refractivity contribution is 7.90. The first-order valence-electron chi connectivity index (χ1n) is 5.44. The maximum absolute atomic E-state index is 12.2. The number of carboxylic acid groups (broad SMARTS) is 1. The number of rotatable bonds is 3. The van der Waals surface area contributed by atoms with Gasteiger partial charge < -0.3 is 10.4 Å². The Kier molecular flexibility index (Phi) is 3.22. The Morgan fingerprint density at radius 1 is 1.35 bits per heavy atom. The number of amides is 2. The highest BCUT2D eigenvalue weighted by Crippen LogP contribution is 2.30. The van der Waals surface area contributed by atoms with Crippen LogP contribution in [-0.4, -0.2) is 49.2 Å². The number of aromatic carboxylic acids is 1. The molecule has 0 radical (unpaired) electrons. The van der Waals surface area contributed by atoms with Crippen LogP contribution in [0.15, 0.2) is 23.1 Å². The van der Waals surface area contributed by atoms with Crippen LogP contribution in [0, 0.1) is 0 Å². The monoisotopic (exact) mass is 298 g/mol. The minimum atomic E-state index is -4.20. The van der Waals surface area contributed by atoms with E-state index in [1.54, 1.807) is 0 Å². The number of hydrogen-bond donors (Lipinski definition) is 2. The van der Waals surface area contributed by atoms with Crippen molar-refractivity contribution < 1.29 is 27.9 Å². The molecular weight excluding hydrogens is 288 g/mol. The van der Waals surface area contributed by atoms with Crippen LogP contribution in [0.3, 0.4) is 0 Å². The van der Waals surface area contributed by atoms with Gasteiger partial charge in [-0.2, -0.15) is 0 Å². The van der Waals surface area contributed by atoms with Crippen LogP contribution >= 0.6 is 0 Å². The Balaban J connectivity index is 2.53. The second kappa shape index (κ2) is 4.60. The van der Waals surface area contributed by atoms with Crippen molar-refractivity contribution >= 4 is 27.8 Å². The zero-order chi connectivity index (χ0) is 15.1. The number of hydrogen-bond acceptors (Lipinski definition) is 5. The first-order chi connectivity index (χ1) is 9.28. The van der Waals surface area contributed by atoms with Crippen molar-refractivity contribution in [1.82, 2.24) is 9.62 Å². The summed E-state index contributed by atoms with van der Waals surface area (Å²) in [6.07, 6.45) is 0. The standard InChI is InChI=1S/C11H10N2O6S/c1-12-9(14)5-13-10(15)7-3-2-6(11(16)17)4-8(7)20(13,18)19/h2-4H,5H2,1H3,(H,12,14)(H,16,17). The Morgan fingerprint density at radius 2 is 2.00 bits per heavy atom. The van der Waals surface area contributed by atoms with Crippen LogP contribution in [0.4, 0.5) is 0 Å². The van der Waals surface area contributed by atoms with Gasteiger partial charge in [-0.1, -0.05) is 0 Å². The van der Waals surface area contributed by atoms with Crippen molar-refractivity contribution in [3.05, 3.63) is 29.3 Å². The molecule has 0 saturated carbocycles. The summed E-state index contributed by atoms with van der Waals surface area (Å²) >= 11 is 0. The maximum atomic E-state index is 12.2. The summed E-state index contributed by atoms with van der Waals surface area (Å²) in [4.78, 5) is 33.7. The predicted octanol–water partition coefficient (Wildman–Crippen LogP) is -0.725. The van der Waals surface area contributed by atoms with Crippen LogP contribution in [0.25, 0.3) is 0 Å². The molecular formula is C11H10N2O6S. The number of carbonyl (C=O) groups is 3. The lowest BCUT2D eigenvalue weighted by molar-refractivity contribution is -0.120. The number of likely N-dealkylation sites (N-methyl/N-ethyl adjacent to an activating group) is 1. The van der Waals surface area contributed by atoms with Crippen molar-refractivity contribution in [1.29, 1.82) is 0 Å². The molecule has 0 atom stereocenters. The minimum Gasteiger partial charge on any atom is -0.478 e. The Bertz CT molecular complexity index is 724. The van der Waals surface area contributed by atoms with E-state index in [0.717, 1.165) is 18.2 Å². The molecule has 1 aromatic carbocycles. The minimum absolute atomic E-state index is 0.140. The first kappa shape index (κ1) is 14.0. The molecule has 1 aliphatic heterocycles. The molecule has 20 heavy (non-hydrogen) atoms. The van der Waals surface area contributed by atoms with E-state index in [1.165, 1.54) is 7.05 Å². The summed E-state index contributed by atoms with van der Waals surface area (Å²) < 4.78 is 24.7. The van der Waals surface area contributed by atoms with Crippen molar-refractivity contribution in [2.45, 2.75) is 4.90 Å². The molecule has 0 fully saturated rings. The summed E-state index contributed by atoms with van der Waals surface area (Å²) in [6, 6.07) is 3.18. The molecule has 1 aromatic rings. The van der Waals surface area contributed by atoms with E-state index in [1.807, 2.05) is 0 Å². The maximum Gasteiger partial charge on any atom is 0.335 e. The van der Waals surface area contributed by atoms with Crippen molar-refractivity contribution in [2.24, 2.45) is 0 Å². The second-order valence-corrected chi connectivity index (χ2v) is 5.84. The van der Waals surface area contributed by atoms with Crippen molar-refractivity contribution in [2.75, 3.05) is 13.6 Å². The van der Waals surface area contributed by atoms with Crippen LogP contribution < -0.4 is 5.32 Å². The average Bonchev–Trinajstić information content (AvgIpc) is 2.59. The summed E-state index contributed by atoms with van der Waals surface area (Å²) in [6.45, 7) is -0.644. The third kappa shape index (κ3) is 2.01. The van der Waals surface area contributed by atoms with E-state index < -0.39 is 39.2 Å². The number of benzene rings is 1. The van der Waals surface area contributed by atoms with Gasteiger partial charge in [-0.25, -0.2) is 17.5 Å². The molecule has 106 valence electrons. The van der Waals surface area contributed by atoms with Gasteiger partial charge in [0, 0.05) is 7.05 Å². The lowest BCUT2D eigenvalue weighted by Crippen LogP contribution is -2.39. The third-order valence-corrected chi connectivity index (χ3v) is 4.59. The molecule has 1 heterocycles. The molecule has 1 aliphatic rings. The fourth-order valence-corrected chi connectivity index (χ4v) is 3.32. The van der Waals surface area contributed by atoms with E-state index >= 15 is 0 Å². The Morgan fingerprint density at radius 3 is 2.55 bits per heavy atom. The molecule has 2 N–H and O–H groups in total. The molecule has 0 aromatic heterocycles. The molecule has 2 rings (SSSR count). The zero-order valence-electron chi connectivity index (χ0n) is 10.3. The molecule has 0 aliphatic carbocycles. The third-order valence-electron chi connectivity index (χ3n) is 2.82. The van der Waals surface area contributed by atoms with E-state index in [2.05, 4.69) is 5.32 Å². The van der Waals surface area contributed by atoms with E-state index in [0.29, 0.717) is 4.31 Å². The lowest BCUT2D eigenvalue weighted by atomic mass is 10.1. The number of nitrogens with zero attached hydrogens (tertiary/aromatic N) is 1. The van der Waals surface area contributed by atoms with Gasteiger partial charge >= 0.3 is 5.97 Å². The molecule has 0 unspecified atom stereocenters. The normalized spacial score (nSPS) is 15.8. The zero-order valence-corrected chi connectivity index (χ0v) is 11.1. The van der Waals surface area contributed by atoms with Gasteiger partial charge in [0.2, 0.25) is 5.91 Å². The average molecular weight is 298 g/mol. The van der Waals surface area contributed by atoms with Crippen LogP contribution in [0.1, 0.15) is 20.7 Å². The van der Waals surface area contributed by atoms with E-state index in [-0.39, 0.29) is 11.1 Å². The fourth-order valence-electron chi connectivity index (χ4n) is 1.77. The molecule has 0 bridgehead atoms. The molecule has 2 amide bonds. The van der Waals surface area contributed by atoms with Crippen LogP contribution in [0.5, 0.6) is 0 Å². The van der Waals surface area contributed by atoms with Gasteiger partial charge in [0.1, 0.15) is 11.4 Å². The molecule has 9 heteroatoms. The number of carboxylic acids is 1. The van der Waals surface area contributed by atoms with Gasteiger partial charge in [-0.3, -0.25) is 9.59 Å². The van der Waals surface area contributed by atoms with E-state index in [9.17, 15) is 22.8 Å². The summed E-state index contributed by atoms with van der Waals surface area (Å²) in [5, 5.41) is 11.1. The van der Waals surface area contributed by atoms with Gasteiger partial charge in [0.05, 0.1) is 11.1 Å². The van der Waals surface area contributed by atoms with E-state index in [4.69, 9.17) is 5.11 Å². The number of sulfonamides is 1. The molecule has 8 nitrogen and oxygen atoms in total. The Labute approximate surface area is 114 Å². The Hall–Kier alpha value is -2.42. The van der Waals surface area contributed by atoms with Crippen LogP contribution in [-0.2, 0) is 14.8 Å². The number of nitrogens with one attached hydrogen (secondary N) is 1. The summed E-state index contributed by atoms with van der Waals surface area (Å²) in [5.74, 6) is -2.80. The molecule has 0 spiro atoms. The topological polar surface area (TPSA) is 121 Å². The summed E-state index contributed by atoms with van der Waals surface area (Å²) in [5.41, 5.74) is -0.388. The highest BCUT2D eigenvalue weighted by Gasteiger charge is 2.42. The van der Waals surface area contributed by atoms with Gasteiger partial charge in [0.25, 0.3) is 15.9 Å². The highest BCUT2D eigenvalue weighted by atomic mass is 32.2. The smallest absolute Gasteiger partial charge is 0.335 e. The van der Waals surface area contributed by atoms with Crippen molar-refractivity contribution in [3.63, 3.8) is 0 Å². The number of carbonyl (C=O) groups excluding carboxylic acids is 2. The summed E-state index contributed by atoms with van der Waals surface area (Å²) in [7, 11) is -2.89.